The molecule has 0 atom stereocenters. The Hall–Kier alpha value is -1.21. The van der Waals surface area contributed by atoms with E-state index in [1.54, 1.807) is 6.20 Å². The van der Waals surface area contributed by atoms with Crippen molar-refractivity contribution in [3.63, 3.8) is 0 Å². The number of allylic oxidation sites excluding steroid dienone is 1. The molecular weight excluding hydrogens is 298 g/mol. The minimum atomic E-state index is -0.745. The lowest BCUT2D eigenvalue weighted by atomic mass is 10.6. The first-order valence-corrected chi connectivity index (χ1v) is 5.67. The number of aromatic nitrogens is 1. The normalized spacial score (nSPS) is 8.62. The Labute approximate surface area is 105 Å². The zero-order valence-corrected chi connectivity index (χ0v) is 10.9. The number of aliphatic hydroxyl groups is 2. The van der Waals surface area contributed by atoms with Gasteiger partial charge in [-0.3, -0.25) is 0 Å². The molecule has 5 nitrogen and oxygen atoms in total. The van der Waals surface area contributed by atoms with Gasteiger partial charge >= 0.3 is 0 Å². The molecule has 2 N–H and O–H groups in total. The highest BCUT2D eigenvalue weighted by molar-refractivity contribution is 9.11. The molecule has 0 unspecified atom stereocenters. The highest BCUT2D eigenvalue weighted by atomic mass is 79.9. The second-order valence-electron chi connectivity index (χ2n) is 2.51. The van der Waals surface area contributed by atoms with Crippen LogP contribution in [0.2, 0.25) is 0 Å². The van der Waals surface area contributed by atoms with Gasteiger partial charge in [-0.2, -0.15) is 0 Å². The lowest BCUT2D eigenvalue weighted by molar-refractivity contribution is -0.300. The van der Waals surface area contributed by atoms with Crippen molar-refractivity contribution in [1.82, 2.24) is 4.98 Å². The van der Waals surface area contributed by atoms with E-state index in [1.165, 1.54) is 18.3 Å². The largest absolute Gasteiger partial charge is 0.876 e. The van der Waals surface area contributed by atoms with E-state index in [9.17, 15) is 5.11 Å². The van der Waals surface area contributed by atoms with Crippen LogP contribution >= 0.6 is 27.3 Å². The molecule has 0 aliphatic rings. The van der Waals surface area contributed by atoms with Gasteiger partial charge in [-0.05, 0) is 15.9 Å². The van der Waals surface area contributed by atoms with E-state index in [1.807, 2.05) is 0 Å². The SMILES string of the molecule is C=C(C)[O-].OC(O)=CCOc1ncc(Br)s1. The topological polar surface area (TPSA) is 85.6 Å². The summed E-state index contributed by atoms with van der Waals surface area (Å²) in [5.41, 5.74) is 0. The van der Waals surface area contributed by atoms with Crippen molar-refractivity contribution < 1.29 is 20.1 Å². The van der Waals surface area contributed by atoms with E-state index >= 15 is 0 Å². The van der Waals surface area contributed by atoms with Crippen LogP contribution in [0.15, 0.2) is 34.3 Å². The van der Waals surface area contributed by atoms with Crippen molar-refractivity contribution in [3.8, 4) is 5.19 Å². The minimum Gasteiger partial charge on any atom is -0.876 e. The molecule has 0 amide bonds. The first-order chi connectivity index (χ1) is 7.41. The molecule has 1 heterocycles. The number of rotatable bonds is 3. The van der Waals surface area contributed by atoms with Gasteiger partial charge in [0.25, 0.3) is 11.1 Å². The van der Waals surface area contributed by atoms with Crippen LogP contribution in [-0.2, 0) is 0 Å². The van der Waals surface area contributed by atoms with Crippen molar-refractivity contribution in [2.24, 2.45) is 0 Å². The molecule has 7 heteroatoms. The Bertz CT molecular complexity index is 356. The van der Waals surface area contributed by atoms with Crippen molar-refractivity contribution in [3.05, 3.63) is 34.3 Å². The molecule has 1 aromatic heterocycles. The summed E-state index contributed by atoms with van der Waals surface area (Å²) in [6.07, 6.45) is 2.75. The quantitative estimate of drug-likeness (QED) is 0.835. The van der Waals surface area contributed by atoms with Crippen LogP contribution in [0.1, 0.15) is 6.92 Å². The van der Waals surface area contributed by atoms with Gasteiger partial charge in [0, 0.05) is 6.08 Å². The van der Waals surface area contributed by atoms with Crippen LogP contribution in [-0.4, -0.2) is 21.8 Å². The molecule has 1 rings (SSSR count). The third-order valence-corrected chi connectivity index (χ3v) is 2.32. The summed E-state index contributed by atoms with van der Waals surface area (Å²) < 4.78 is 5.89. The Morgan fingerprint density at radius 3 is 2.69 bits per heavy atom. The summed E-state index contributed by atoms with van der Waals surface area (Å²) in [6.45, 7) is 4.52. The Balaban J connectivity index is 0.000000487. The highest BCUT2D eigenvalue weighted by Crippen LogP contribution is 2.24. The highest BCUT2D eigenvalue weighted by Gasteiger charge is 1.98. The monoisotopic (exact) mass is 308 g/mol. The van der Waals surface area contributed by atoms with E-state index in [2.05, 4.69) is 27.5 Å². The van der Waals surface area contributed by atoms with Crippen molar-refractivity contribution in [2.45, 2.75) is 6.92 Å². The van der Waals surface area contributed by atoms with Crippen molar-refractivity contribution >= 4 is 27.3 Å². The minimum absolute atomic E-state index is 0.0833. The van der Waals surface area contributed by atoms with Gasteiger partial charge < -0.3 is 20.1 Å². The number of aliphatic hydroxyl groups excluding tert-OH is 1. The van der Waals surface area contributed by atoms with Crippen LogP contribution < -0.4 is 9.84 Å². The predicted molar refractivity (Wildman–Crippen MR) is 63.5 cm³/mol. The number of halogens is 1. The second kappa shape index (κ2) is 8.00. The molecule has 0 saturated carbocycles. The number of hydrogen-bond acceptors (Lipinski definition) is 6. The van der Waals surface area contributed by atoms with Crippen molar-refractivity contribution in [2.75, 3.05) is 6.61 Å². The fourth-order valence-electron chi connectivity index (χ4n) is 0.494. The van der Waals surface area contributed by atoms with Gasteiger partial charge in [0.1, 0.15) is 6.61 Å². The van der Waals surface area contributed by atoms with Gasteiger partial charge in [-0.15, -0.1) is 12.3 Å². The van der Waals surface area contributed by atoms with E-state index in [0.29, 0.717) is 5.19 Å². The Morgan fingerprint density at radius 2 is 2.31 bits per heavy atom. The molecule has 90 valence electrons. The average molecular weight is 309 g/mol. The first kappa shape index (κ1) is 14.8. The molecule has 1 aromatic rings. The van der Waals surface area contributed by atoms with Crippen LogP contribution in [0.4, 0.5) is 0 Å². The summed E-state index contributed by atoms with van der Waals surface area (Å²) in [5, 5.41) is 26.5. The maximum absolute atomic E-state index is 9.33. The molecular formula is C9H11BrNO4S-. The van der Waals surface area contributed by atoms with E-state index in [0.717, 1.165) is 9.86 Å². The molecule has 0 fully saturated rings. The van der Waals surface area contributed by atoms with Crippen LogP contribution in [0.3, 0.4) is 0 Å². The predicted octanol–water partition coefficient (Wildman–Crippen LogP) is 2.12. The summed E-state index contributed by atoms with van der Waals surface area (Å²) in [5.74, 6) is -0.828. The maximum atomic E-state index is 9.33. The third kappa shape index (κ3) is 9.35. The fraction of sp³-hybridized carbons (Fsp3) is 0.222. The molecule has 0 saturated heterocycles. The van der Waals surface area contributed by atoms with E-state index in [-0.39, 0.29) is 12.4 Å². The third-order valence-electron chi connectivity index (χ3n) is 0.929. The maximum Gasteiger partial charge on any atom is 0.274 e. The van der Waals surface area contributed by atoms with Crippen LogP contribution in [0.5, 0.6) is 5.19 Å². The number of nitrogens with zero attached hydrogens (tertiary/aromatic N) is 1. The molecule has 0 aliphatic heterocycles. The van der Waals surface area contributed by atoms with Gasteiger partial charge in [-0.1, -0.05) is 18.3 Å². The zero-order valence-electron chi connectivity index (χ0n) is 8.51. The van der Waals surface area contributed by atoms with Gasteiger partial charge in [0.05, 0.1) is 9.98 Å². The lowest BCUT2D eigenvalue weighted by Gasteiger charge is -1.95. The van der Waals surface area contributed by atoms with Crippen LogP contribution in [0, 0.1) is 0 Å². The molecule has 0 spiro atoms. The average Bonchev–Trinajstić information content (AvgIpc) is 2.49. The van der Waals surface area contributed by atoms with Crippen LogP contribution in [0.25, 0.3) is 0 Å². The molecule has 0 radical (unpaired) electrons. The van der Waals surface area contributed by atoms with Gasteiger partial charge in [0.15, 0.2) is 0 Å². The zero-order chi connectivity index (χ0) is 12.6. The molecule has 0 aliphatic carbocycles. The summed E-state index contributed by atoms with van der Waals surface area (Å²) in [7, 11) is 0. The molecule has 16 heavy (non-hydrogen) atoms. The Morgan fingerprint density at radius 1 is 1.75 bits per heavy atom. The second-order valence-corrected chi connectivity index (χ2v) is 4.88. The standard InChI is InChI=1S/C6H6BrNO3S.C3H6O/c7-4-3-8-6(12-4)11-2-1-5(9)10;1-3(2)4/h1,3,9-10H,2H2;4H,1H2,2H3/p-1. The lowest BCUT2D eigenvalue weighted by Crippen LogP contribution is -1.94. The van der Waals surface area contributed by atoms with E-state index < -0.39 is 5.95 Å². The fourth-order valence-corrected chi connectivity index (χ4v) is 1.52. The Kier molecular flexibility index (Phi) is 7.40. The first-order valence-electron chi connectivity index (χ1n) is 4.06. The summed E-state index contributed by atoms with van der Waals surface area (Å²) >= 11 is 4.55. The number of thiazole rings is 1. The smallest absolute Gasteiger partial charge is 0.274 e. The van der Waals surface area contributed by atoms with Gasteiger partial charge in [0.2, 0.25) is 0 Å². The number of hydrogen-bond donors (Lipinski definition) is 2. The van der Waals surface area contributed by atoms with Crippen molar-refractivity contribution in [1.29, 1.82) is 0 Å². The molecule has 0 bridgehead atoms. The molecule has 0 aromatic carbocycles. The van der Waals surface area contributed by atoms with E-state index in [4.69, 9.17) is 14.9 Å². The van der Waals surface area contributed by atoms with Gasteiger partial charge in [-0.25, -0.2) is 4.98 Å². The number of ether oxygens (including phenoxy) is 1. The summed E-state index contributed by atoms with van der Waals surface area (Å²) in [6, 6.07) is 0. The summed E-state index contributed by atoms with van der Waals surface area (Å²) in [4.78, 5) is 3.87.